The molecule has 33 heavy (non-hydrogen) atoms. The number of halogens is 3. The van der Waals surface area contributed by atoms with Gasteiger partial charge in [-0.05, 0) is 48.7 Å². The minimum Gasteiger partial charge on any atom is -0.494 e. The molecule has 1 aliphatic heterocycles. The van der Waals surface area contributed by atoms with Crippen molar-refractivity contribution in [3.63, 3.8) is 0 Å². The third-order valence-corrected chi connectivity index (χ3v) is 5.46. The van der Waals surface area contributed by atoms with E-state index in [0.29, 0.717) is 18.3 Å². The van der Waals surface area contributed by atoms with Crippen LogP contribution in [0.2, 0.25) is 0 Å². The van der Waals surface area contributed by atoms with Gasteiger partial charge in [-0.1, -0.05) is 24.3 Å². The molecule has 0 saturated carbocycles. The van der Waals surface area contributed by atoms with Gasteiger partial charge in [0, 0.05) is 25.1 Å². The normalized spacial score (nSPS) is 16.0. The van der Waals surface area contributed by atoms with Crippen LogP contribution >= 0.6 is 0 Å². The average Bonchev–Trinajstić information content (AvgIpc) is 3.29. The van der Waals surface area contributed by atoms with Gasteiger partial charge in [-0.25, -0.2) is 0 Å². The van der Waals surface area contributed by atoms with Crippen molar-refractivity contribution >= 4 is 5.69 Å². The SMILES string of the molecule is CCOc1cccc(C2CCN(c3cncc(OCc4ccc(OC(F)(F)F)cc4)c3)C2)c1. The Morgan fingerprint density at radius 2 is 1.79 bits per heavy atom. The molecule has 2 heterocycles. The van der Waals surface area contributed by atoms with Gasteiger partial charge >= 0.3 is 6.36 Å². The minimum atomic E-state index is -4.70. The van der Waals surface area contributed by atoms with E-state index in [2.05, 4.69) is 26.8 Å². The fourth-order valence-corrected chi connectivity index (χ4v) is 3.91. The van der Waals surface area contributed by atoms with Crippen LogP contribution in [0.25, 0.3) is 0 Å². The quantitative estimate of drug-likeness (QED) is 0.417. The third-order valence-electron chi connectivity index (χ3n) is 5.46. The maximum atomic E-state index is 12.3. The van der Waals surface area contributed by atoms with Crippen LogP contribution < -0.4 is 19.1 Å². The van der Waals surface area contributed by atoms with Crippen molar-refractivity contribution in [2.24, 2.45) is 0 Å². The molecule has 0 radical (unpaired) electrons. The van der Waals surface area contributed by atoms with Crippen LogP contribution in [0.3, 0.4) is 0 Å². The lowest BCUT2D eigenvalue weighted by molar-refractivity contribution is -0.274. The standard InChI is InChI=1S/C25H25F3N2O3/c1-2-31-23-5-3-4-19(12-23)20-10-11-30(16-20)21-13-24(15-29-14-21)32-17-18-6-8-22(9-7-18)33-25(26,27)28/h3-9,12-15,20H,2,10-11,16-17H2,1H3. The zero-order valence-electron chi connectivity index (χ0n) is 18.2. The summed E-state index contributed by atoms with van der Waals surface area (Å²) in [7, 11) is 0. The molecule has 174 valence electrons. The Labute approximate surface area is 190 Å². The molecular formula is C25H25F3N2O3. The van der Waals surface area contributed by atoms with E-state index in [1.54, 1.807) is 18.3 Å². The molecule has 0 spiro atoms. The van der Waals surface area contributed by atoms with Gasteiger partial charge in [0.25, 0.3) is 0 Å². The number of benzene rings is 2. The molecule has 0 amide bonds. The van der Waals surface area contributed by atoms with E-state index in [1.807, 2.05) is 31.3 Å². The monoisotopic (exact) mass is 458 g/mol. The average molecular weight is 458 g/mol. The van der Waals surface area contributed by atoms with Crippen LogP contribution in [-0.2, 0) is 6.61 Å². The number of aromatic nitrogens is 1. The molecule has 3 aromatic rings. The second-order valence-corrected chi connectivity index (χ2v) is 7.80. The van der Waals surface area contributed by atoms with E-state index in [9.17, 15) is 13.2 Å². The number of pyridine rings is 1. The van der Waals surface area contributed by atoms with Crippen molar-refractivity contribution in [1.82, 2.24) is 4.98 Å². The highest BCUT2D eigenvalue weighted by atomic mass is 19.4. The van der Waals surface area contributed by atoms with E-state index in [4.69, 9.17) is 9.47 Å². The van der Waals surface area contributed by atoms with E-state index in [1.165, 1.54) is 17.7 Å². The second kappa shape index (κ2) is 10.0. The van der Waals surface area contributed by atoms with Crippen molar-refractivity contribution in [3.8, 4) is 17.2 Å². The maximum Gasteiger partial charge on any atom is 0.573 e. The van der Waals surface area contributed by atoms with Crippen molar-refractivity contribution in [1.29, 1.82) is 0 Å². The molecule has 1 saturated heterocycles. The Morgan fingerprint density at radius 3 is 2.55 bits per heavy atom. The van der Waals surface area contributed by atoms with Gasteiger partial charge in [-0.2, -0.15) is 0 Å². The predicted octanol–water partition coefficient (Wildman–Crippen LogP) is 5.95. The van der Waals surface area contributed by atoms with Crippen LogP contribution in [-0.4, -0.2) is 31.0 Å². The summed E-state index contributed by atoms with van der Waals surface area (Å²) in [5.41, 5.74) is 2.97. The number of anilines is 1. The molecule has 1 aliphatic rings. The molecule has 1 unspecified atom stereocenters. The molecular weight excluding hydrogens is 433 g/mol. The van der Waals surface area contributed by atoms with Gasteiger partial charge in [0.15, 0.2) is 0 Å². The lowest BCUT2D eigenvalue weighted by Crippen LogP contribution is -2.19. The summed E-state index contributed by atoms with van der Waals surface area (Å²) in [6.07, 6.45) is -0.226. The molecule has 1 fully saturated rings. The Balaban J connectivity index is 1.35. The first kappa shape index (κ1) is 22.8. The third kappa shape index (κ3) is 6.31. The molecule has 5 nitrogen and oxygen atoms in total. The lowest BCUT2D eigenvalue weighted by atomic mass is 9.98. The van der Waals surface area contributed by atoms with Crippen molar-refractivity contribution in [2.75, 3.05) is 24.6 Å². The first-order chi connectivity index (χ1) is 15.9. The number of hydrogen-bond donors (Lipinski definition) is 0. The zero-order valence-corrected chi connectivity index (χ0v) is 18.2. The summed E-state index contributed by atoms with van der Waals surface area (Å²) >= 11 is 0. The first-order valence-electron chi connectivity index (χ1n) is 10.8. The summed E-state index contributed by atoms with van der Waals surface area (Å²) in [6, 6.07) is 15.8. The fourth-order valence-electron chi connectivity index (χ4n) is 3.91. The van der Waals surface area contributed by atoms with Crippen LogP contribution in [0.1, 0.15) is 30.4 Å². The van der Waals surface area contributed by atoms with E-state index < -0.39 is 6.36 Å². The Hall–Kier alpha value is -3.42. The molecule has 2 aromatic carbocycles. The van der Waals surface area contributed by atoms with Crippen molar-refractivity contribution < 1.29 is 27.4 Å². The van der Waals surface area contributed by atoms with E-state index in [0.717, 1.165) is 36.5 Å². The van der Waals surface area contributed by atoms with E-state index >= 15 is 0 Å². The number of nitrogens with zero attached hydrogens (tertiary/aromatic N) is 2. The highest BCUT2D eigenvalue weighted by Crippen LogP contribution is 2.33. The Bertz CT molecular complexity index is 1060. The Kier molecular flexibility index (Phi) is 6.91. The first-order valence-corrected chi connectivity index (χ1v) is 10.8. The van der Waals surface area contributed by atoms with Gasteiger partial charge < -0.3 is 19.1 Å². The fraction of sp³-hybridized carbons (Fsp3) is 0.320. The summed E-state index contributed by atoms with van der Waals surface area (Å²) in [6.45, 7) is 4.62. The molecule has 0 bridgehead atoms. The van der Waals surface area contributed by atoms with Crippen LogP contribution in [0, 0.1) is 0 Å². The summed E-state index contributed by atoms with van der Waals surface area (Å²) in [5.74, 6) is 1.64. The highest BCUT2D eigenvalue weighted by molar-refractivity contribution is 5.50. The smallest absolute Gasteiger partial charge is 0.494 e. The van der Waals surface area contributed by atoms with Crippen LogP contribution in [0.4, 0.5) is 18.9 Å². The minimum absolute atomic E-state index is 0.213. The van der Waals surface area contributed by atoms with Gasteiger partial charge in [0.05, 0.1) is 24.7 Å². The number of alkyl halides is 3. The van der Waals surface area contributed by atoms with Gasteiger partial charge in [0.1, 0.15) is 23.9 Å². The largest absolute Gasteiger partial charge is 0.573 e. The molecule has 1 atom stereocenters. The topological polar surface area (TPSA) is 43.8 Å². The lowest BCUT2D eigenvalue weighted by Gasteiger charge is -2.19. The van der Waals surface area contributed by atoms with Crippen LogP contribution in [0.15, 0.2) is 67.0 Å². The summed E-state index contributed by atoms with van der Waals surface area (Å²) in [4.78, 5) is 6.58. The van der Waals surface area contributed by atoms with E-state index in [-0.39, 0.29) is 12.4 Å². The van der Waals surface area contributed by atoms with Crippen LogP contribution in [0.5, 0.6) is 17.2 Å². The summed E-state index contributed by atoms with van der Waals surface area (Å²) in [5, 5.41) is 0. The molecule has 1 aromatic heterocycles. The maximum absolute atomic E-state index is 12.3. The molecule has 4 rings (SSSR count). The zero-order chi connectivity index (χ0) is 23.3. The molecule has 0 aliphatic carbocycles. The number of hydrogen-bond acceptors (Lipinski definition) is 5. The second-order valence-electron chi connectivity index (χ2n) is 7.80. The van der Waals surface area contributed by atoms with Crippen molar-refractivity contribution in [3.05, 3.63) is 78.1 Å². The summed E-state index contributed by atoms with van der Waals surface area (Å²) < 4.78 is 52.2. The molecule has 0 N–H and O–H groups in total. The number of rotatable bonds is 8. The van der Waals surface area contributed by atoms with Gasteiger partial charge in [0.2, 0.25) is 0 Å². The van der Waals surface area contributed by atoms with Crippen molar-refractivity contribution in [2.45, 2.75) is 32.2 Å². The van der Waals surface area contributed by atoms with Gasteiger partial charge in [-0.3, -0.25) is 4.98 Å². The molecule has 8 heteroatoms. The van der Waals surface area contributed by atoms with Gasteiger partial charge in [-0.15, -0.1) is 13.2 Å². The number of ether oxygens (including phenoxy) is 3. The predicted molar refractivity (Wildman–Crippen MR) is 119 cm³/mol. The Morgan fingerprint density at radius 1 is 0.970 bits per heavy atom. The highest BCUT2D eigenvalue weighted by Gasteiger charge is 2.31.